The molecule has 2 heterocycles. The van der Waals surface area contributed by atoms with Crippen molar-refractivity contribution in [2.24, 2.45) is 5.92 Å². The van der Waals surface area contributed by atoms with Gasteiger partial charge in [0.2, 0.25) is 5.88 Å². The van der Waals surface area contributed by atoms with E-state index >= 15 is 0 Å². The smallest absolute Gasteiger partial charge is 0.321 e. The summed E-state index contributed by atoms with van der Waals surface area (Å²) in [6.07, 6.45) is 7.48. The molecule has 0 spiro atoms. The fraction of sp³-hybridized carbons (Fsp3) is 0.304. The van der Waals surface area contributed by atoms with Crippen molar-refractivity contribution in [1.29, 1.82) is 0 Å². The number of aryl methyl sites for hydroxylation is 1. The molecule has 0 saturated carbocycles. The number of aromatic nitrogens is 3. The molecule has 0 radical (unpaired) electrons. The summed E-state index contributed by atoms with van der Waals surface area (Å²) in [5, 5.41) is 0. The summed E-state index contributed by atoms with van der Waals surface area (Å²) in [5.41, 5.74) is 2.11. The van der Waals surface area contributed by atoms with Gasteiger partial charge in [-0.15, -0.1) is 0 Å². The molecule has 0 bridgehead atoms. The van der Waals surface area contributed by atoms with Crippen LogP contribution in [-0.2, 0) is 17.8 Å². The Labute approximate surface area is 171 Å². The normalized spacial score (nSPS) is 11.7. The van der Waals surface area contributed by atoms with E-state index in [1.165, 1.54) is 0 Å². The molecule has 0 aliphatic heterocycles. The first kappa shape index (κ1) is 20.5. The van der Waals surface area contributed by atoms with Crippen molar-refractivity contribution in [3.8, 4) is 17.6 Å². The summed E-state index contributed by atoms with van der Waals surface area (Å²) in [4.78, 5) is 23.9. The van der Waals surface area contributed by atoms with Gasteiger partial charge in [-0.05, 0) is 42.9 Å². The van der Waals surface area contributed by atoms with Crippen molar-refractivity contribution in [3.63, 3.8) is 0 Å². The van der Waals surface area contributed by atoms with Gasteiger partial charge in [-0.25, -0.2) is 15.0 Å². The maximum atomic E-state index is 11.2. The minimum absolute atomic E-state index is 0.225. The zero-order chi connectivity index (χ0) is 20.5. The third-order valence-corrected chi connectivity index (χ3v) is 4.39. The van der Waals surface area contributed by atoms with Crippen LogP contribution in [0.3, 0.4) is 0 Å². The van der Waals surface area contributed by atoms with Gasteiger partial charge < -0.3 is 14.3 Å². The van der Waals surface area contributed by atoms with Crippen LogP contribution in [0.2, 0.25) is 0 Å². The molecule has 150 valence electrons. The molecular formula is C23H25N3O3. The van der Waals surface area contributed by atoms with Crippen LogP contribution in [0.25, 0.3) is 0 Å². The molecule has 0 fully saturated rings. The Kier molecular flexibility index (Phi) is 7.28. The van der Waals surface area contributed by atoms with E-state index < -0.39 is 0 Å². The lowest BCUT2D eigenvalue weighted by atomic mass is 9.98. The number of nitrogens with zero attached hydrogens (tertiary/aromatic N) is 3. The summed E-state index contributed by atoms with van der Waals surface area (Å²) in [7, 11) is 0. The lowest BCUT2D eigenvalue weighted by Crippen LogP contribution is -2.03. The number of carbonyl (C=O) groups is 1. The summed E-state index contributed by atoms with van der Waals surface area (Å²) in [6, 6.07) is 13.7. The third kappa shape index (κ3) is 6.99. The Hall–Kier alpha value is -3.28. The number of rotatable bonds is 10. The first-order chi connectivity index (χ1) is 14.1. The highest BCUT2D eigenvalue weighted by atomic mass is 16.5. The molecule has 0 N–H and O–H groups in total. The fourth-order valence-corrected chi connectivity index (χ4v) is 2.88. The van der Waals surface area contributed by atoms with E-state index in [9.17, 15) is 4.79 Å². The highest BCUT2D eigenvalue weighted by Crippen LogP contribution is 2.20. The number of benzene rings is 1. The van der Waals surface area contributed by atoms with Crippen LogP contribution in [-0.4, -0.2) is 20.7 Å². The predicted molar refractivity (Wildman–Crippen MR) is 110 cm³/mol. The number of ketones is 1. The highest BCUT2D eigenvalue weighted by molar-refractivity contribution is 5.75. The second kappa shape index (κ2) is 10.3. The van der Waals surface area contributed by atoms with E-state index in [1.807, 2.05) is 30.3 Å². The quantitative estimate of drug-likeness (QED) is 0.495. The molecule has 0 saturated heterocycles. The van der Waals surface area contributed by atoms with Crippen LogP contribution in [0.4, 0.5) is 0 Å². The van der Waals surface area contributed by atoms with E-state index in [0.717, 1.165) is 24.0 Å². The van der Waals surface area contributed by atoms with Gasteiger partial charge in [0.15, 0.2) is 0 Å². The number of ether oxygens (including phenoxy) is 2. The monoisotopic (exact) mass is 391 g/mol. The molecular weight excluding hydrogens is 366 g/mol. The molecule has 0 amide bonds. The molecule has 29 heavy (non-hydrogen) atoms. The standard InChI is InChI=1S/C23H25N3O3/c1-17(12-18(2)27)8-9-20-13-25-23(26-14-20)29-21-10-11-22(24-15-21)28-16-19-6-4-3-5-7-19/h3-7,10-11,13-15,17H,8-9,12,16H2,1-2H3. The average molecular weight is 391 g/mol. The number of hydrogen-bond donors (Lipinski definition) is 0. The number of Topliss-reactive ketones (excluding diaryl/α,β-unsaturated/α-hetero) is 1. The summed E-state index contributed by atoms with van der Waals surface area (Å²) < 4.78 is 11.3. The summed E-state index contributed by atoms with van der Waals surface area (Å²) in [5.74, 6) is 1.65. The minimum atomic E-state index is 0.225. The Balaban J connectivity index is 1.47. The second-order valence-corrected chi connectivity index (χ2v) is 7.13. The maximum Gasteiger partial charge on any atom is 0.321 e. The molecule has 0 aliphatic rings. The Bertz CT molecular complexity index is 897. The summed E-state index contributed by atoms with van der Waals surface area (Å²) in [6.45, 7) is 4.17. The van der Waals surface area contributed by atoms with Crippen LogP contribution in [0.5, 0.6) is 17.6 Å². The molecule has 1 aromatic carbocycles. The first-order valence-electron chi connectivity index (χ1n) is 9.69. The van der Waals surface area contributed by atoms with Gasteiger partial charge in [0, 0.05) is 24.9 Å². The van der Waals surface area contributed by atoms with E-state index in [0.29, 0.717) is 30.6 Å². The first-order valence-corrected chi connectivity index (χ1v) is 9.69. The van der Waals surface area contributed by atoms with Crippen molar-refractivity contribution < 1.29 is 14.3 Å². The zero-order valence-electron chi connectivity index (χ0n) is 16.7. The molecule has 2 aromatic heterocycles. The lowest BCUT2D eigenvalue weighted by molar-refractivity contribution is -0.117. The topological polar surface area (TPSA) is 74.2 Å². The van der Waals surface area contributed by atoms with Crippen LogP contribution in [0, 0.1) is 5.92 Å². The van der Waals surface area contributed by atoms with Crippen molar-refractivity contribution >= 4 is 5.78 Å². The second-order valence-electron chi connectivity index (χ2n) is 7.13. The van der Waals surface area contributed by atoms with E-state index in [4.69, 9.17) is 9.47 Å². The molecule has 0 aliphatic carbocycles. The molecule has 3 rings (SSSR count). The molecule has 6 heteroatoms. The fourth-order valence-electron chi connectivity index (χ4n) is 2.88. The average Bonchev–Trinajstić information content (AvgIpc) is 2.73. The van der Waals surface area contributed by atoms with Crippen LogP contribution in [0.15, 0.2) is 61.1 Å². The van der Waals surface area contributed by atoms with Crippen LogP contribution < -0.4 is 9.47 Å². The van der Waals surface area contributed by atoms with Crippen molar-refractivity contribution in [2.45, 2.75) is 39.7 Å². The van der Waals surface area contributed by atoms with Gasteiger partial charge in [0.05, 0.1) is 6.20 Å². The van der Waals surface area contributed by atoms with Gasteiger partial charge in [0.25, 0.3) is 0 Å². The molecule has 3 aromatic rings. The van der Waals surface area contributed by atoms with Gasteiger partial charge in [-0.1, -0.05) is 37.3 Å². The molecule has 1 unspecified atom stereocenters. The van der Waals surface area contributed by atoms with Crippen molar-refractivity contribution in [2.75, 3.05) is 0 Å². The van der Waals surface area contributed by atoms with Gasteiger partial charge in [0.1, 0.15) is 18.1 Å². The largest absolute Gasteiger partial charge is 0.473 e. The van der Waals surface area contributed by atoms with E-state index in [2.05, 4.69) is 21.9 Å². The van der Waals surface area contributed by atoms with Gasteiger partial charge in [-0.3, -0.25) is 0 Å². The van der Waals surface area contributed by atoms with E-state index in [-0.39, 0.29) is 11.8 Å². The predicted octanol–water partition coefficient (Wildman–Crippen LogP) is 4.79. The third-order valence-electron chi connectivity index (χ3n) is 4.39. The Morgan fingerprint density at radius 3 is 2.38 bits per heavy atom. The van der Waals surface area contributed by atoms with Gasteiger partial charge >= 0.3 is 6.01 Å². The zero-order valence-corrected chi connectivity index (χ0v) is 16.7. The van der Waals surface area contributed by atoms with E-state index in [1.54, 1.807) is 37.6 Å². The van der Waals surface area contributed by atoms with Crippen LogP contribution >= 0.6 is 0 Å². The van der Waals surface area contributed by atoms with Crippen molar-refractivity contribution in [3.05, 3.63) is 72.2 Å². The molecule has 1 atom stereocenters. The van der Waals surface area contributed by atoms with Crippen molar-refractivity contribution in [1.82, 2.24) is 15.0 Å². The highest BCUT2D eigenvalue weighted by Gasteiger charge is 2.07. The van der Waals surface area contributed by atoms with Crippen LogP contribution in [0.1, 0.15) is 37.8 Å². The van der Waals surface area contributed by atoms with Gasteiger partial charge in [-0.2, -0.15) is 0 Å². The molecule has 6 nitrogen and oxygen atoms in total. The Morgan fingerprint density at radius 2 is 1.72 bits per heavy atom. The Morgan fingerprint density at radius 1 is 0.966 bits per heavy atom. The maximum absolute atomic E-state index is 11.2. The number of pyridine rings is 1. The lowest BCUT2D eigenvalue weighted by Gasteiger charge is -2.09. The SMILES string of the molecule is CC(=O)CC(C)CCc1cnc(Oc2ccc(OCc3ccccc3)nc2)nc1. The minimum Gasteiger partial charge on any atom is -0.473 e. The number of carbonyl (C=O) groups excluding carboxylic acids is 1. The summed E-state index contributed by atoms with van der Waals surface area (Å²) >= 11 is 0. The number of hydrogen-bond acceptors (Lipinski definition) is 6.